The van der Waals surface area contributed by atoms with E-state index in [9.17, 15) is 18.0 Å². The van der Waals surface area contributed by atoms with Gasteiger partial charge in [-0.3, -0.25) is 9.59 Å². The molecular formula is C22H21ClN4O5S. The average molecular weight is 489 g/mol. The number of nitrogens with one attached hydrogen (secondary N) is 2. The largest absolute Gasteiger partial charge is 0.495 e. The number of nitrogens with zero attached hydrogens (tertiary/aromatic N) is 2. The minimum Gasteiger partial charge on any atom is -0.495 e. The van der Waals surface area contributed by atoms with Crippen LogP contribution in [0.1, 0.15) is 28.9 Å². The van der Waals surface area contributed by atoms with E-state index in [-0.39, 0.29) is 47.7 Å². The van der Waals surface area contributed by atoms with Gasteiger partial charge in [0.25, 0.3) is 0 Å². The molecule has 0 aliphatic carbocycles. The normalized spacial score (nSPS) is 13.9. The molecule has 0 atom stereocenters. The predicted octanol–water partition coefficient (Wildman–Crippen LogP) is 3.37. The molecule has 2 aromatic carbocycles. The molecule has 1 amide bonds. The van der Waals surface area contributed by atoms with Crippen molar-refractivity contribution in [2.24, 2.45) is 0 Å². The summed E-state index contributed by atoms with van der Waals surface area (Å²) in [7, 11) is -2.64. The lowest BCUT2D eigenvalue weighted by atomic mass is 10.1. The molecule has 9 nitrogen and oxygen atoms in total. The molecule has 2 N–H and O–H groups in total. The van der Waals surface area contributed by atoms with Crippen LogP contribution in [-0.4, -0.2) is 37.1 Å². The maximum atomic E-state index is 13.2. The first-order chi connectivity index (χ1) is 15.7. The monoisotopic (exact) mass is 488 g/mol. The van der Waals surface area contributed by atoms with Crippen LogP contribution in [0.2, 0.25) is 5.02 Å². The van der Waals surface area contributed by atoms with E-state index in [0.29, 0.717) is 27.4 Å². The summed E-state index contributed by atoms with van der Waals surface area (Å²) in [5.41, 5.74) is 2.02. The Morgan fingerprint density at radius 2 is 1.94 bits per heavy atom. The molecule has 0 unspecified atom stereocenters. The third-order valence-corrected chi connectivity index (χ3v) is 7.06. The fourth-order valence-corrected chi connectivity index (χ4v) is 5.03. The van der Waals surface area contributed by atoms with Crippen LogP contribution < -0.4 is 14.8 Å². The highest BCUT2D eigenvalue weighted by Gasteiger charge is 2.28. The predicted molar refractivity (Wildman–Crippen MR) is 123 cm³/mol. The van der Waals surface area contributed by atoms with Crippen LogP contribution in [0.15, 0.2) is 47.4 Å². The van der Waals surface area contributed by atoms with Crippen molar-refractivity contribution in [3.63, 3.8) is 0 Å². The topological polar surface area (TPSA) is 119 Å². The van der Waals surface area contributed by atoms with Gasteiger partial charge in [-0.1, -0.05) is 35.9 Å². The van der Waals surface area contributed by atoms with Gasteiger partial charge in [-0.05, 0) is 36.2 Å². The summed E-state index contributed by atoms with van der Waals surface area (Å²) in [5.74, 6) is -0.273. The van der Waals surface area contributed by atoms with E-state index in [1.807, 2.05) is 0 Å². The van der Waals surface area contributed by atoms with Crippen LogP contribution in [0.3, 0.4) is 0 Å². The van der Waals surface area contributed by atoms with Gasteiger partial charge in [0, 0.05) is 30.0 Å². The maximum absolute atomic E-state index is 13.2. The number of fused-ring (bicyclic) bond motifs is 1. The molecule has 0 fully saturated rings. The third-order valence-electron chi connectivity index (χ3n) is 5.27. The van der Waals surface area contributed by atoms with E-state index in [4.69, 9.17) is 16.3 Å². The van der Waals surface area contributed by atoms with Crippen molar-refractivity contribution in [3.8, 4) is 16.9 Å². The van der Waals surface area contributed by atoms with Crippen molar-refractivity contribution < 1.29 is 22.7 Å². The quantitative estimate of drug-likeness (QED) is 0.549. The van der Waals surface area contributed by atoms with Crippen molar-refractivity contribution in [2.75, 3.05) is 12.4 Å². The van der Waals surface area contributed by atoms with Crippen molar-refractivity contribution >= 4 is 39.3 Å². The summed E-state index contributed by atoms with van der Waals surface area (Å²) in [4.78, 5) is 24.4. The molecule has 3 aromatic rings. The van der Waals surface area contributed by atoms with Crippen molar-refractivity contribution in [1.82, 2.24) is 14.5 Å². The highest BCUT2D eigenvalue weighted by Crippen LogP contribution is 2.37. The van der Waals surface area contributed by atoms with Gasteiger partial charge in [0.15, 0.2) is 0 Å². The molecule has 33 heavy (non-hydrogen) atoms. The zero-order valence-corrected chi connectivity index (χ0v) is 19.5. The molecule has 0 saturated carbocycles. The van der Waals surface area contributed by atoms with E-state index in [2.05, 4.69) is 15.1 Å². The Kier molecular flexibility index (Phi) is 6.24. The Morgan fingerprint density at radius 1 is 1.18 bits per heavy atom. The van der Waals surface area contributed by atoms with E-state index in [0.717, 1.165) is 4.68 Å². The van der Waals surface area contributed by atoms with Gasteiger partial charge in [0.05, 0.1) is 12.8 Å². The number of anilines is 1. The number of benzene rings is 2. The first-order valence-corrected chi connectivity index (χ1v) is 11.9. The van der Waals surface area contributed by atoms with E-state index >= 15 is 0 Å². The van der Waals surface area contributed by atoms with Crippen LogP contribution in [-0.2, 0) is 21.4 Å². The standard InChI is InChI=1S/C22H21ClN4O5S/c1-13-21(22-25-19(28)9-10-20(29)27(22)26-13)14-7-8-17(32-2)18(11-14)33(30,31)24-12-15-5-3-4-6-16(15)23/h3-8,11,24H,9-10,12H2,1-2H3,(H,25,28). The smallest absolute Gasteiger partial charge is 0.249 e. The third kappa shape index (κ3) is 4.50. The van der Waals surface area contributed by atoms with Crippen LogP contribution in [0.25, 0.3) is 11.1 Å². The fraction of sp³-hybridized carbons (Fsp3) is 0.227. The number of carbonyl (C=O) groups is 2. The van der Waals surface area contributed by atoms with Gasteiger partial charge in [-0.2, -0.15) is 9.78 Å². The molecular weight excluding hydrogens is 468 g/mol. The second kappa shape index (κ2) is 8.97. The number of rotatable bonds is 6. The highest BCUT2D eigenvalue weighted by molar-refractivity contribution is 7.89. The fourth-order valence-electron chi connectivity index (χ4n) is 3.62. The molecule has 11 heteroatoms. The first-order valence-electron chi connectivity index (χ1n) is 10.1. The van der Waals surface area contributed by atoms with Crippen LogP contribution in [0, 0.1) is 6.92 Å². The Labute approximate surface area is 195 Å². The summed E-state index contributed by atoms with van der Waals surface area (Å²) in [6, 6.07) is 11.5. The molecule has 0 bridgehead atoms. The highest BCUT2D eigenvalue weighted by atomic mass is 35.5. The molecule has 1 aliphatic rings. The van der Waals surface area contributed by atoms with E-state index in [1.54, 1.807) is 37.3 Å². The van der Waals surface area contributed by atoms with Crippen molar-refractivity contribution in [3.05, 3.63) is 58.7 Å². The van der Waals surface area contributed by atoms with Gasteiger partial charge >= 0.3 is 0 Å². The Balaban J connectivity index is 1.76. The maximum Gasteiger partial charge on any atom is 0.249 e. The Hall–Kier alpha value is -3.21. The molecule has 2 heterocycles. The number of aromatic nitrogens is 2. The number of ether oxygens (including phenoxy) is 1. The lowest BCUT2D eigenvalue weighted by Gasteiger charge is -2.14. The summed E-state index contributed by atoms with van der Waals surface area (Å²) < 4.78 is 35.3. The minimum absolute atomic E-state index is 0.0117. The number of hydrogen-bond acceptors (Lipinski definition) is 6. The summed E-state index contributed by atoms with van der Waals surface area (Å²) in [5, 5.41) is 7.42. The molecule has 4 rings (SSSR count). The first kappa shape index (κ1) is 23.0. The Bertz CT molecular complexity index is 1370. The molecule has 172 valence electrons. The van der Waals surface area contributed by atoms with E-state index < -0.39 is 10.0 Å². The Morgan fingerprint density at radius 3 is 2.67 bits per heavy atom. The number of carbonyl (C=O) groups excluding carboxylic acids is 2. The molecule has 0 saturated heterocycles. The molecule has 0 radical (unpaired) electrons. The second-order valence-corrected chi connectivity index (χ2v) is 9.59. The lowest BCUT2D eigenvalue weighted by molar-refractivity contribution is -0.116. The number of sulfonamides is 1. The van der Waals surface area contributed by atoms with Gasteiger partial charge in [-0.15, -0.1) is 0 Å². The summed E-state index contributed by atoms with van der Waals surface area (Å²) in [6.07, 6.45) is 0.0858. The van der Waals surface area contributed by atoms with Gasteiger partial charge in [0.2, 0.25) is 21.8 Å². The SMILES string of the molecule is COc1ccc(-c2c(C)nn3c2NC(=O)CCC3=O)cc1S(=O)(=O)NCc1ccccc1Cl. The van der Waals surface area contributed by atoms with Crippen molar-refractivity contribution in [2.45, 2.75) is 31.2 Å². The number of methoxy groups -OCH3 is 1. The average Bonchev–Trinajstić information content (AvgIpc) is 3.05. The molecule has 1 aliphatic heterocycles. The van der Waals surface area contributed by atoms with Crippen molar-refractivity contribution in [1.29, 1.82) is 0 Å². The zero-order valence-electron chi connectivity index (χ0n) is 17.9. The van der Waals surface area contributed by atoms with E-state index in [1.165, 1.54) is 19.2 Å². The number of aryl methyl sites for hydroxylation is 1. The summed E-state index contributed by atoms with van der Waals surface area (Å²) >= 11 is 6.14. The van der Waals surface area contributed by atoms with Crippen LogP contribution in [0.5, 0.6) is 5.75 Å². The molecule has 1 aromatic heterocycles. The summed E-state index contributed by atoms with van der Waals surface area (Å²) in [6.45, 7) is 1.67. The zero-order chi connectivity index (χ0) is 23.8. The number of hydrogen-bond donors (Lipinski definition) is 2. The lowest BCUT2D eigenvalue weighted by Crippen LogP contribution is -2.24. The van der Waals surface area contributed by atoms with Gasteiger partial charge in [-0.25, -0.2) is 13.1 Å². The molecule has 0 spiro atoms. The van der Waals surface area contributed by atoms with Crippen LogP contribution in [0.4, 0.5) is 5.82 Å². The van der Waals surface area contributed by atoms with Gasteiger partial charge < -0.3 is 10.1 Å². The second-order valence-electron chi connectivity index (χ2n) is 7.44. The number of halogens is 1. The number of amides is 1. The van der Waals surface area contributed by atoms with Gasteiger partial charge in [0.1, 0.15) is 16.5 Å². The van der Waals surface area contributed by atoms with Crippen LogP contribution >= 0.6 is 11.6 Å². The minimum atomic E-state index is -4.01.